The van der Waals surface area contributed by atoms with E-state index in [9.17, 15) is 19.8 Å². The third-order valence-corrected chi connectivity index (χ3v) is 7.21. The van der Waals surface area contributed by atoms with Crippen molar-refractivity contribution in [3.8, 4) is 5.75 Å². The predicted octanol–water partition coefficient (Wildman–Crippen LogP) is 1.25. The maximum atomic E-state index is 12.5. The maximum Gasteiger partial charge on any atom is 0.235 e. The summed E-state index contributed by atoms with van der Waals surface area (Å²) in [6, 6.07) is 11.2. The fourth-order valence-corrected chi connectivity index (χ4v) is 5.48. The van der Waals surface area contributed by atoms with Gasteiger partial charge in [0.25, 0.3) is 0 Å². The van der Waals surface area contributed by atoms with Gasteiger partial charge in [0.15, 0.2) is 5.17 Å². The second-order valence-electron chi connectivity index (χ2n) is 8.43. The van der Waals surface area contributed by atoms with Gasteiger partial charge in [-0.15, -0.1) is 0 Å². The van der Waals surface area contributed by atoms with Crippen LogP contribution in [-0.4, -0.2) is 51.6 Å². The van der Waals surface area contributed by atoms with Gasteiger partial charge in [-0.25, -0.2) is 0 Å². The van der Waals surface area contributed by atoms with Crippen molar-refractivity contribution < 1.29 is 24.5 Å². The molecule has 33 heavy (non-hydrogen) atoms. The van der Waals surface area contributed by atoms with E-state index in [1.807, 2.05) is 43.3 Å². The Morgan fingerprint density at radius 1 is 1.30 bits per heavy atom. The number of aliphatic hydroxyl groups excluding tert-OH is 1. The van der Waals surface area contributed by atoms with Crippen LogP contribution in [0, 0.1) is 17.2 Å². The number of amides is 1. The summed E-state index contributed by atoms with van der Waals surface area (Å²) < 4.78 is 6.10. The smallest absolute Gasteiger partial charge is 0.235 e. The molecule has 2 aliphatic heterocycles. The van der Waals surface area contributed by atoms with Crippen LogP contribution in [0.2, 0.25) is 0 Å². The van der Waals surface area contributed by atoms with Crippen molar-refractivity contribution in [2.75, 3.05) is 12.4 Å². The lowest BCUT2D eigenvalue weighted by Gasteiger charge is -2.47. The number of thioether (sulfide) groups is 1. The fraction of sp³-hybridized carbons (Fsp3) is 0.375. The van der Waals surface area contributed by atoms with Gasteiger partial charge in [0.2, 0.25) is 5.91 Å². The molecule has 1 amide bonds. The number of amidine groups is 1. The van der Waals surface area contributed by atoms with Gasteiger partial charge >= 0.3 is 0 Å². The monoisotopic (exact) mass is 468 g/mol. The molecule has 4 rings (SSSR count). The molecule has 8 nitrogen and oxygen atoms in total. The highest BCUT2D eigenvalue weighted by atomic mass is 32.2. The van der Waals surface area contributed by atoms with Gasteiger partial charge < -0.3 is 30.4 Å². The molecule has 0 unspecified atom stereocenters. The third-order valence-electron chi connectivity index (χ3n) is 6.49. The van der Waals surface area contributed by atoms with Crippen LogP contribution in [0.3, 0.4) is 0 Å². The Labute approximate surface area is 195 Å². The molecule has 2 heterocycles. The van der Waals surface area contributed by atoms with Crippen molar-refractivity contribution >= 4 is 39.6 Å². The molecular formula is C24H26N3O5S-. The number of aryl methyl sites for hydroxylation is 1. The van der Waals surface area contributed by atoms with Gasteiger partial charge in [-0.1, -0.05) is 49.0 Å². The van der Waals surface area contributed by atoms with Gasteiger partial charge in [0.05, 0.1) is 29.7 Å². The summed E-state index contributed by atoms with van der Waals surface area (Å²) in [7, 11) is 0. The highest BCUT2D eigenvalue weighted by Crippen LogP contribution is 2.47. The first kappa shape index (κ1) is 23.1. The number of aliphatic carboxylic acids is 1. The first-order valence-electron chi connectivity index (χ1n) is 10.8. The number of carboxylic acid groups (broad SMARTS) is 1. The van der Waals surface area contributed by atoms with E-state index in [0.29, 0.717) is 17.1 Å². The lowest BCUT2D eigenvalue weighted by atomic mass is 9.78. The Bertz CT molecular complexity index is 1160. The standard InChI is InChI=1S/C24H27N3O5S/c1-12-17(21(23(30)31)27-20(12)19(13(2)28)22(27)29)11-32-18-8-4-6-15-14(5-3-7-16(15)18)9-10-33-24(25)26/h3-8,12-13,19-20,28H,9-11H2,1-2H3,(H3,25,26)(H,30,31)/p-1/t12-,13+,19+,20+/m0/s1. The SMILES string of the molecule is C[C@@H](O)[C@H]1C(=O)N2C(C(=O)[O-])=C(COc3cccc4c(CCSC(=N)N)cccc34)[C@H](C)[C@H]12. The zero-order valence-corrected chi connectivity index (χ0v) is 19.2. The number of hydrogen-bond acceptors (Lipinski definition) is 7. The Kier molecular flexibility index (Phi) is 6.36. The number of rotatable bonds is 8. The average Bonchev–Trinajstić information content (AvgIpc) is 3.00. The average molecular weight is 469 g/mol. The first-order chi connectivity index (χ1) is 15.7. The molecule has 2 aromatic carbocycles. The van der Waals surface area contributed by atoms with Gasteiger partial charge in [0, 0.05) is 17.1 Å². The minimum absolute atomic E-state index is 0.000812. The number of β-lactam (4-membered cyclic amide) rings is 1. The number of fused-ring (bicyclic) bond motifs is 2. The molecular weight excluding hydrogens is 442 g/mol. The largest absolute Gasteiger partial charge is 0.543 e. The van der Waals surface area contributed by atoms with E-state index in [-0.39, 0.29) is 23.4 Å². The lowest BCUT2D eigenvalue weighted by molar-refractivity contribution is -0.301. The summed E-state index contributed by atoms with van der Waals surface area (Å²) in [5.41, 5.74) is 6.88. The number of benzene rings is 2. The van der Waals surface area contributed by atoms with Crippen LogP contribution in [0.15, 0.2) is 47.7 Å². The molecule has 0 spiro atoms. The van der Waals surface area contributed by atoms with Crippen LogP contribution < -0.4 is 15.6 Å². The molecule has 9 heteroatoms. The molecule has 4 N–H and O–H groups in total. The van der Waals surface area contributed by atoms with E-state index in [4.69, 9.17) is 15.9 Å². The van der Waals surface area contributed by atoms with Crippen molar-refractivity contribution in [1.82, 2.24) is 4.90 Å². The number of nitrogens with one attached hydrogen (secondary N) is 1. The second kappa shape index (κ2) is 9.07. The highest BCUT2D eigenvalue weighted by Gasteiger charge is 2.58. The molecule has 0 saturated carbocycles. The fourth-order valence-electron chi connectivity index (χ4n) is 4.94. The van der Waals surface area contributed by atoms with Crippen molar-refractivity contribution in [2.24, 2.45) is 17.6 Å². The Hall–Kier alpha value is -3.04. The number of carboxylic acids is 1. The molecule has 1 fully saturated rings. The summed E-state index contributed by atoms with van der Waals surface area (Å²) in [5.74, 6) is -1.41. The van der Waals surface area contributed by atoms with Gasteiger partial charge in [-0.3, -0.25) is 10.2 Å². The summed E-state index contributed by atoms with van der Waals surface area (Å²) in [5, 5.41) is 31.2. The number of aliphatic hydroxyl groups is 1. The highest BCUT2D eigenvalue weighted by molar-refractivity contribution is 8.13. The lowest BCUT2D eigenvalue weighted by Crippen LogP contribution is -2.64. The van der Waals surface area contributed by atoms with Crippen LogP contribution in [0.1, 0.15) is 19.4 Å². The topological polar surface area (TPSA) is 140 Å². The molecule has 0 bridgehead atoms. The Balaban J connectivity index is 1.59. The Morgan fingerprint density at radius 3 is 2.67 bits per heavy atom. The van der Waals surface area contributed by atoms with Gasteiger partial charge in [0.1, 0.15) is 12.4 Å². The minimum atomic E-state index is -1.41. The van der Waals surface area contributed by atoms with Crippen molar-refractivity contribution in [1.29, 1.82) is 5.41 Å². The zero-order valence-electron chi connectivity index (χ0n) is 18.4. The van der Waals surface area contributed by atoms with Gasteiger partial charge in [-0.2, -0.15) is 0 Å². The molecule has 174 valence electrons. The second-order valence-corrected chi connectivity index (χ2v) is 9.57. The van der Waals surface area contributed by atoms with Gasteiger partial charge in [-0.05, 0) is 35.9 Å². The zero-order chi connectivity index (χ0) is 23.9. The van der Waals surface area contributed by atoms with Crippen molar-refractivity contribution in [2.45, 2.75) is 32.4 Å². The molecule has 0 radical (unpaired) electrons. The number of ether oxygens (including phenoxy) is 1. The van der Waals surface area contributed by atoms with E-state index in [2.05, 4.69) is 0 Å². The summed E-state index contributed by atoms with van der Waals surface area (Å²) in [4.78, 5) is 25.6. The Morgan fingerprint density at radius 2 is 2.00 bits per heavy atom. The predicted molar refractivity (Wildman–Crippen MR) is 125 cm³/mol. The van der Waals surface area contributed by atoms with Crippen LogP contribution in [-0.2, 0) is 16.0 Å². The molecule has 2 aliphatic rings. The van der Waals surface area contributed by atoms with E-state index in [1.165, 1.54) is 16.7 Å². The minimum Gasteiger partial charge on any atom is -0.543 e. The van der Waals surface area contributed by atoms with E-state index >= 15 is 0 Å². The number of carbonyl (C=O) groups excluding carboxylic acids is 2. The number of hydrogen-bond donors (Lipinski definition) is 3. The van der Waals surface area contributed by atoms with Crippen LogP contribution in [0.5, 0.6) is 5.75 Å². The van der Waals surface area contributed by atoms with Crippen LogP contribution >= 0.6 is 11.8 Å². The van der Waals surface area contributed by atoms with E-state index in [1.54, 1.807) is 6.92 Å². The molecule has 1 saturated heterocycles. The van der Waals surface area contributed by atoms with E-state index < -0.39 is 29.9 Å². The quantitative estimate of drug-likeness (QED) is 0.301. The molecule has 0 aromatic heterocycles. The van der Waals surface area contributed by atoms with Crippen LogP contribution in [0.4, 0.5) is 0 Å². The molecule has 2 aromatic rings. The van der Waals surface area contributed by atoms with Crippen molar-refractivity contribution in [3.63, 3.8) is 0 Å². The summed E-state index contributed by atoms with van der Waals surface area (Å²) in [6.07, 6.45) is -0.122. The molecule has 0 aliphatic carbocycles. The summed E-state index contributed by atoms with van der Waals surface area (Å²) in [6.45, 7) is 3.39. The summed E-state index contributed by atoms with van der Waals surface area (Å²) >= 11 is 1.29. The van der Waals surface area contributed by atoms with E-state index in [0.717, 1.165) is 22.8 Å². The number of carbonyl (C=O) groups is 2. The third kappa shape index (κ3) is 4.06. The van der Waals surface area contributed by atoms with Crippen molar-refractivity contribution in [3.05, 3.63) is 53.2 Å². The normalized spacial score (nSPS) is 22.8. The van der Waals surface area contributed by atoms with Crippen LogP contribution in [0.25, 0.3) is 10.8 Å². The number of nitrogens with two attached hydrogens (primary N) is 1. The number of nitrogens with zero attached hydrogens (tertiary/aromatic N) is 1. The maximum absolute atomic E-state index is 12.5. The first-order valence-corrected chi connectivity index (χ1v) is 11.8. The molecule has 4 atom stereocenters.